The molecule has 0 radical (unpaired) electrons. The van der Waals surface area contributed by atoms with Crippen LogP contribution in [0.1, 0.15) is 0 Å². The minimum Gasteiger partial charge on any atom is -0.423 e. The first-order valence-electron chi connectivity index (χ1n) is 4.40. The quantitative estimate of drug-likeness (QED) is 0.778. The molecule has 0 saturated carbocycles. The highest BCUT2D eigenvalue weighted by atomic mass is 79.9. The maximum absolute atomic E-state index is 5.44. The minimum absolute atomic E-state index is 0.241. The number of nitrogens with zero attached hydrogens (tertiary/aromatic N) is 3. The molecule has 0 fully saturated rings. The van der Waals surface area contributed by atoms with Crippen molar-refractivity contribution in [2.45, 2.75) is 0 Å². The molecular weight excluding hydrogens is 276 g/mol. The van der Waals surface area contributed by atoms with Gasteiger partial charge in [-0.25, -0.2) is 0 Å². The van der Waals surface area contributed by atoms with E-state index in [1.165, 1.54) is 6.39 Å². The number of rotatable bonds is 2. The molecular formula is C9H5BrN4O2. The van der Waals surface area contributed by atoms with Gasteiger partial charge in [0.25, 0.3) is 0 Å². The first-order valence-corrected chi connectivity index (χ1v) is 5.20. The number of aromatic nitrogens is 3. The van der Waals surface area contributed by atoms with Crippen LogP contribution in [0.3, 0.4) is 0 Å². The summed E-state index contributed by atoms with van der Waals surface area (Å²) in [4.78, 5) is 4.20. The number of nitrogens with one attached hydrogen (secondary N) is 1. The molecule has 0 aliphatic rings. The van der Waals surface area contributed by atoms with Crippen LogP contribution in [0.15, 0.2) is 37.9 Å². The normalized spacial score (nSPS) is 10.8. The van der Waals surface area contributed by atoms with E-state index >= 15 is 0 Å². The number of anilines is 2. The van der Waals surface area contributed by atoms with Crippen LogP contribution in [0.25, 0.3) is 11.1 Å². The lowest BCUT2D eigenvalue weighted by molar-refractivity contribution is 0.559. The van der Waals surface area contributed by atoms with Gasteiger partial charge in [-0.1, -0.05) is 21.0 Å². The monoisotopic (exact) mass is 280 g/mol. The first kappa shape index (κ1) is 9.34. The lowest BCUT2D eigenvalue weighted by Gasteiger charge is -1.90. The fourth-order valence-electron chi connectivity index (χ4n) is 1.27. The number of halogens is 1. The first-order chi connectivity index (χ1) is 7.81. The lowest BCUT2D eigenvalue weighted by Crippen LogP contribution is -1.89. The van der Waals surface area contributed by atoms with E-state index in [0.29, 0.717) is 11.6 Å². The zero-order valence-corrected chi connectivity index (χ0v) is 9.43. The Bertz CT molecular complexity index is 620. The Labute approximate surface area is 97.8 Å². The van der Waals surface area contributed by atoms with Crippen molar-refractivity contribution in [2.75, 3.05) is 5.32 Å². The summed E-state index contributed by atoms with van der Waals surface area (Å²) in [6.45, 7) is 0. The summed E-state index contributed by atoms with van der Waals surface area (Å²) in [7, 11) is 0. The van der Waals surface area contributed by atoms with Crippen LogP contribution in [-0.4, -0.2) is 15.2 Å². The molecule has 1 aromatic carbocycles. The summed E-state index contributed by atoms with van der Waals surface area (Å²) in [5.41, 5.74) is 1.43. The van der Waals surface area contributed by atoms with E-state index in [4.69, 9.17) is 8.83 Å². The molecule has 0 spiro atoms. The summed E-state index contributed by atoms with van der Waals surface area (Å²) < 4.78 is 11.3. The smallest absolute Gasteiger partial charge is 0.323 e. The van der Waals surface area contributed by atoms with Crippen LogP contribution < -0.4 is 5.32 Å². The van der Waals surface area contributed by atoms with Crippen LogP contribution >= 0.6 is 15.9 Å². The highest BCUT2D eigenvalue weighted by Crippen LogP contribution is 2.23. The van der Waals surface area contributed by atoms with Gasteiger partial charge in [0.2, 0.25) is 6.39 Å². The number of fused-ring (bicyclic) bond motifs is 1. The molecule has 0 unspecified atom stereocenters. The van der Waals surface area contributed by atoms with Crippen molar-refractivity contribution in [3.05, 3.63) is 29.1 Å². The number of benzene rings is 1. The molecule has 2 aromatic heterocycles. The number of oxazole rings is 1. The van der Waals surface area contributed by atoms with Gasteiger partial charge in [0.1, 0.15) is 5.52 Å². The molecule has 0 aliphatic carbocycles. The van der Waals surface area contributed by atoms with Crippen LogP contribution in [0, 0.1) is 0 Å². The van der Waals surface area contributed by atoms with E-state index in [-0.39, 0.29) is 6.01 Å². The summed E-state index contributed by atoms with van der Waals surface area (Å²) in [5, 5.41) is 9.95. The highest BCUT2D eigenvalue weighted by Gasteiger charge is 2.08. The Morgan fingerprint density at radius 3 is 3.00 bits per heavy atom. The molecule has 7 heteroatoms. The van der Waals surface area contributed by atoms with Crippen molar-refractivity contribution in [3.63, 3.8) is 0 Å². The molecule has 0 saturated heterocycles. The Morgan fingerprint density at radius 1 is 1.25 bits per heavy atom. The van der Waals surface area contributed by atoms with E-state index in [2.05, 4.69) is 36.4 Å². The van der Waals surface area contributed by atoms with Gasteiger partial charge in [-0.15, -0.1) is 5.10 Å². The second kappa shape index (κ2) is 3.60. The Hall–Kier alpha value is -1.89. The van der Waals surface area contributed by atoms with E-state index in [1.54, 1.807) is 0 Å². The number of hydrogen-bond donors (Lipinski definition) is 1. The maximum Gasteiger partial charge on any atom is 0.323 e. The van der Waals surface area contributed by atoms with Crippen LogP contribution in [0.4, 0.5) is 12.0 Å². The van der Waals surface area contributed by atoms with Crippen LogP contribution in [-0.2, 0) is 0 Å². The van der Waals surface area contributed by atoms with Gasteiger partial charge in [-0.05, 0) is 18.2 Å². The molecule has 3 aromatic rings. The van der Waals surface area contributed by atoms with Gasteiger partial charge >= 0.3 is 12.0 Å². The van der Waals surface area contributed by atoms with Crippen LogP contribution in [0.2, 0.25) is 0 Å². The van der Waals surface area contributed by atoms with Crippen LogP contribution in [0.5, 0.6) is 0 Å². The van der Waals surface area contributed by atoms with Crippen molar-refractivity contribution in [2.24, 2.45) is 0 Å². The van der Waals surface area contributed by atoms with Gasteiger partial charge in [-0.3, -0.25) is 5.32 Å². The topological polar surface area (TPSA) is 77.0 Å². The van der Waals surface area contributed by atoms with Gasteiger partial charge in [-0.2, -0.15) is 4.98 Å². The van der Waals surface area contributed by atoms with Gasteiger partial charge in [0.05, 0.1) is 0 Å². The molecule has 0 bridgehead atoms. The van der Waals surface area contributed by atoms with Gasteiger partial charge in [0, 0.05) is 4.47 Å². The SMILES string of the molecule is Brc1ccc2nc(Nc3nnco3)oc2c1. The summed E-state index contributed by atoms with van der Waals surface area (Å²) in [5.74, 6) is 0. The average molecular weight is 281 g/mol. The molecule has 16 heavy (non-hydrogen) atoms. The second-order valence-corrected chi connectivity index (χ2v) is 3.92. The molecule has 1 N–H and O–H groups in total. The van der Waals surface area contributed by atoms with E-state index in [9.17, 15) is 0 Å². The van der Waals surface area contributed by atoms with E-state index in [1.807, 2.05) is 18.2 Å². The average Bonchev–Trinajstić information content (AvgIpc) is 2.86. The van der Waals surface area contributed by atoms with Gasteiger partial charge in [0.15, 0.2) is 5.58 Å². The Kier molecular flexibility index (Phi) is 2.10. The maximum atomic E-state index is 5.44. The van der Waals surface area contributed by atoms with E-state index in [0.717, 1.165) is 9.99 Å². The summed E-state index contributed by atoms with van der Waals surface area (Å²) in [6.07, 6.45) is 1.22. The molecule has 0 atom stereocenters. The number of hydrogen-bond acceptors (Lipinski definition) is 6. The second-order valence-electron chi connectivity index (χ2n) is 3.00. The third kappa shape index (κ3) is 1.65. The Morgan fingerprint density at radius 2 is 2.19 bits per heavy atom. The molecule has 0 aliphatic heterocycles. The molecule has 3 rings (SSSR count). The summed E-state index contributed by atoms with van der Waals surface area (Å²) in [6, 6.07) is 6.13. The minimum atomic E-state index is 0.241. The predicted molar refractivity (Wildman–Crippen MR) is 59.3 cm³/mol. The molecule has 6 nitrogen and oxygen atoms in total. The lowest BCUT2D eigenvalue weighted by atomic mass is 10.3. The van der Waals surface area contributed by atoms with Gasteiger partial charge < -0.3 is 8.83 Å². The van der Waals surface area contributed by atoms with E-state index < -0.39 is 0 Å². The zero-order valence-electron chi connectivity index (χ0n) is 7.85. The van der Waals surface area contributed by atoms with Crippen molar-refractivity contribution in [3.8, 4) is 0 Å². The zero-order chi connectivity index (χ0) is 11.0. The van der Waals surface area contributed by atoms with Crippen molar-refractivity contribution < 1.29 is 8.83 Å². The molecule has 80 valence electrons. The largest absolute Gasteiger partial charge is 0.423 e. The third-order valence-corrected chi connectivity index (χ3v) is 2.42. The predicted octanol–water partition coefficient (Wildman–Crippen LogP) is 2.72. The van der Waals surface area contributed by atoms with Crippen molar-refractivity contribution >= 4 is 39.1 Å². The van der Waals surface area contributed by atoms with Crippen molar-refractivity contribution in [1.29, 1.82) is 0 Å². The Balaban J connectivity index is 1.99. The molecule has 2 heterocycles. The molecule has 0 amide bonds. The fraction of sp³-hybridized carbons (Fsp3) is 0. The summed E-state index contributed by atoms with van der Waals surface area (Å²) >= 11 is 3.35. The highest BCUT2D eigenvalue weighted by molar-refractivity contribution is 9.10. The standard InChI is InChI=1S/C9H5BrN4O2/c10-5-1-2-6-7(3-5)16-8(12-6)13-9-14-11-4-15-9/h1-4H,(H,12,13,14). The third-order valence-electron chi connectivity index (χ3n) is 1.92. The van der Waals surface area contributed by atoms with Crippen molar-refractivity contribution in [1.82, 2.24) is 15.2 Å². The fourth-order valence-corrected chi connectivity index (χ4v) is 1.61.